The zero-order valence-electron chi connectivity index (χ0n) is 17.4. The highest BCUT2D eigenvalue weighted by Crippen LogP contribution is 2.26. The maximum absolute atomic E-state index is 13.2. The number of hydrogen-bond donors (Lipinski definition) is 0. The molecule has 4 heterocycles. The second kappa shape index (κ2) is 9.53. The third-order valence-electron chi connectivity index (χ3n) is 5.45. The van der Waals surface area contributed by atoms with E-state index in [2.05, 4.69) is 22.1 Å². The van der Waals surface area contributed by atoms with Crippen LogP contribution < -0.4 is 0 Å². The van der Waals surface area contributed by atoms with Crippen molar-refractivity contribution in [1.82, 2.24) is 24.6 Å². The van der Waals surface area contributed by atoms with Crippen molar-refractivity contribution in [3.63, 3.8) is 0 Å². The van der Waals surface area contributed by atoms with E-state index >= 15 is 0 Å². The molecule has 0 saturated carbocycles. The number of aromatic nitrogens is 3. The standard InChI is InChI=1S/C21H27N5O3S/c1-3-25-20(18-7-5-13-29-18)22-23-21(25)30-15-19(27)26(14-17-6-4-12-28-17)16-8-10-24(2)11-9-16/h4-7,12-13,16H,3,8-11,14-15H2,1-2H3. The van der Waals surface area contributed by atoms with Gasteiger partial charge in [0.2, 0.25) is 5.91 Å². The molecule has 1 saturated heterocycles. The van der Waals surface area contributed by atoms with Crippen LogP contribution in [-0.4, -0.2) is 62.4 Å². The number of amides is 1. The Hall–Kier alpha value is -2.52. The SMILES string of the molecule is CCn1c(SCC(=O)N(Cc2ccco2)C2CCN(C)CC2)nnc1-c1ccco1. The number of carbonyl (C=O) groups excluding carboxylic acids is 1. The maximum Gasteiger partial charge on any atom is 0.233 e. The summed E-state index contributed by atoms with van der Waals surface area (Å²) in [6, 6.07) is 7.70. The first-order valence-corrected chi connectivity index (χ1v) is 11.2. The van der Waals surface area contributed by atoms with Crippen molar-refractivity contribution in [3.8, 4) is 11.6 Å². The summed E-state index contributed by atoms with van der Waals surface area (Å²) in [6.07, 6.45) is 5.22. The summed E-state index contributed by atoms with van der Waals surface area (Å²) in [7, 11) is 2.12. The van der Waals surface area contributed by atoms with E-state index in [9.17, 15) is 4.79 Å². The average Bonchev–Trinajstić information content (AvgIpc) is 3.52. The van der Waals surface area contributed by atoms with Crippen LogP contribution >= 0.6 is 11.8 Å². The van der Waals surface area contributed by atoms with E-state index in [1.807, 2.05) is 40.7 Å². The van der Waals surface area contributed by atoms with Crippen molar-refractivity contribution in [2.24, 2.45) is 0 Å². The third kappa shape index (κ3) is 4.62. The van der Waals surface area contributed by atoms with Gasteiger partial charge in [-0.05, 0) is 64.2 Å². The lowest BCUT2D eigenvalue weighted by Crippen LogP contribution is -2.46. The Morgan fingerprint density at radius 3 is 2.63 bits per heavy atom. The molecule has 4 rings (SSSR count). The molecule has 0 spiro atoms. The lowest BCUT2D eigenvalue weighted by Gasteiger charge is -2.37. The Morgan fingerprint density at radius 1 is 1.20 bits per heavy atom. The zero-order chi connectivity index (χ0) is 20.9. The molecular weight excluding hydrogens is 402 g/mol. The maximum atomic E-state index is 13.2. The van der Waals surface area contributed by atoms with E-state index in [1.54, 1.807) is 12.5 Å². The first-order valence-electron chi connectivity index (χ1n) is 10.3. The smallest absolute Gasteiger partial charge is 0.233 e. The minimum atomic E-state index is 0.0937. The van der Waals surface area contributed by atoms with Gasteiger partial charge in [0.15, 0.2) is 16.7 Å². The van der Waals surface area contributed by atoms with Gasteiger partial charge in [-0.1, -0.05) is 11.8 Å². The molecule has 0 atom stereocenters. The molecule has 0 radical (unpaired) electrons. The molecule has 160 valence electrons. The van der Waals surface area contributed by atoms with Crippen LogP contribution in [-0.2, 0) is 17.9 Å². The Kier molecular flexibility index (Phi) is 6.59. The molecule has 0 bridgehead atoms. The second-order valence-electron chi connectivity index (χ2n) is 7.45. The highest BCUT2D eigenvalue weighted by Gasteiger charge is 2.28. The lowest BCUT2D eigenvalue weighted by atomic mass is 10.0. The van der Waals surface area contributed by atoms with Gasteiger partial charge in [0.1, 0.15) is 5.76 Å². The van der Waals surface area contributed by atoms with Crippen LogP contribution in [0.5, 0.6) is 0 Å². The normalized spacial score (nSPS) is 15.5. The van der Waals surface area contributed by atoms with Crippen LogP contribution in [0, 0.1) is 0 Å². The number of nitrogens with zero attached hydrogens (tertiary/aromatic N) is 5. The molecule has 1 fully saturated rings. The first kappa shape index (κ1) is 20.7. The summed E-state index contributed by atoms with van der Waals surface area (Å²) in [5, 5.41) is 9.28. The summed E-state index contributed by atoms with van der Waals surface area (Å²) in [6.45, 7) is 5.22. The molecule has 9 heteroatoms. The molecule has 1 aliphatic heterocycles. The van der Waals surface area contributed by atoms with E-state index in [0.29, 0.717) is 30.4 Å². The van der Waals surface area contributed by atoms with Crippen molar-refractivity contribution in [2.75, 3.05) is 25.9 Å². The van der Waals surface area contributed by atoms with Crippen molar-refractivity contribution in [2.45, 2.75) is 44.1 Å². The molecule has 3 aromatic rings. The topological polar surface area (TPSA) is 80.5 Å². The minimum Gasteiger partial charge on any atom is -0.467 e. The number of thioether (sulfide) groups is 1. The van der Waals surface area contributed by atoms with E-state index < -0.39 is 0 Å². The average molecular weight is 430 g/mol. The van der Waals surface area contributed by atoms with Crippen molar-refractivity contribution < 1.29 is 13.6 Å². The molecule has 0 N–H and O–H groups in total. The number of likely N-dealkylation sites (tertiary alicyclic amines) is 1. The summed E-state index contributed by atoms with van der Waals surface area (Å²) in [4.78, 5) is 17.5. The summed E-state index contributed by atoms with van der Waals surface area (Å²) in [5.41, 5.74) is 0. The molecule has 30 heavy (non-hydrogen) atoms. The van der Waals surface area contributed by atoms with Gasteiger partial charge in [-0.25, -0.2) is 0 Å². The van der Waals surface area contributed by atoms with Crippen LogP contribution in [0.2, 0.25) is 0 Å². The largest absolute Gasteiger partial charge is 0.467 e. The highest BCUT2D eigenvalue weighted by atomic mass is 32.2. The molecule has 0 unspecified atom stereocenters. The van der Waals surface area contributed by atoms with Gasteiger partial charge in [-0.15, -0.1) is 10.2 Å². The second-order valence-corrected chi connectivity index (χ2v) is 8.39. The van der Waals surface area contributed by atoms with Crippen LogP contribution in [0.4, 0.5) is 0 Å². The quantitative estimate of drug-likeness (QED) is 0.508. The Balaban J connectivity index is 1.46. The van der Waals surface area contributed by atoms with E-state index in [1.165, 1.54) is 11.8 Å². The van der Waals surface area contributed by atoms with E-state index in [-0.39, 0.29) is 11.9 Å². The molecule has 3 aromatic heterocycles. The van der Waals surface area contributed by atoms with Gasteiger partial charge >= 0.3 is 0 Å². The Morgan fingerprint density at radius 2 is 1.97 bits per heavy atom. The monoisotopic (exact) mass is 429 g/mol. The fraction of sp³-hybridized carbons (Fsp3) is 0.476. The Labute approximate surface area is 180 Å². The van der Waals surface area contributed by atoms with Gasteiger partial charge in [0.05, 0.1) is 24.8 Å². The van der Waals surface area contributed by atoms with Gasteiger partial charge in [0.25, 0.3) is 0 Å². The zero-order valence-corrected chi connectivity index (χ0v) is 18.2. The molecular formula is C21H27N5O3S. The predicted molar refractivity (Wildman–Crippen MR) is 114 cm³/mol. The van der Waals surface area contributed by atoms with E-state index in [4.69, 9.17) is 8.83 Å². The summed E-state index contributed by atoms with van der Waals surface area (Å²) in [5.74, 6) is 2.57. The lowest BCUT2D eigenvalue weighted by molar-refractivity contribution is -0.132. The predicted octanol–water partition coefficient (Wildman–Crippen LogP) is 3.37. The van der Waals surface area contributed by atoms with Crippen LogP contribution in [0.25, 0.3) is 11.6 Å². The molecule has 1 amide bonds. The van der Waals surface area contributed by atoms with Gasteiger partial charge in [-0.2, -0.15) is 0 Å². The molecule has 0 aromatic carbocycles. The van der Waals surface area contributed by atoms with Gasteiger partial charge in [0, 0.05) is 12.6 Å². The van der Waals surface area contributed by atoms with E-state index in [0.717, 1.165) is 36.8 Å². The molecule has 1 aliphatic rings. The summed E-state index contributed by atoms with van der Waals surface area (Å²) < 4.78 is 13.0. The molecule has 8 nitrogen and oxygen atoms in total. The number of carbonyl (C=O) groups is 1. The fourth-order valence-electron chi connectivity index (χ4n) is 3.78. The van der Waals surface area contributed by atoms with Crippen molar-refractivity contribution in [1.29, 1.82) is 0 Å². The summed E-state index contributed by atoms with van der Waals surface area (Å²) >= 11 is 1.42. The molecule has 0 aliphatic carbocycles. The van der Waals surface area contributed by atoms with Crippen molar-refractivity contribution in [3.05, 3.63) is 42.6 Å². The minimum absolute atomic E-state index is 0.0937. The number of rotatable bonds is 8. The van der Waals surface area contributed by atoms with Crippen LogP contribution in [0.3, 0.4) is 0 Å². The van der Waals surface area contributed by atoms with Crippen molar-refractivity contribution >= 4 is 17.7 Å². The Bertz CT molecular complexity index is 930. The van der Waals surface area contributed by atoms with Crippen LogP contribution in [0.15, 0.2) is 50.8 Å². The third-order valence-corrected chi connectivity index (χ3v) is 6.41. The van der Waals surface area contributed by atoms with Gasteiger partial charge in [-0.3, -0.25) is 9.36 Å². The van der Waals surface area contributed by atoms with Crippen LogP contribution in [0.1, 0.15) is 25.5 Å². The van der Waals surface area contributed by atoms with Gasteiger partial charge < -0.3 is 18.6 Å². The number of piperidine rings is 1. The number of furan rings is 2. The first-order chi connectivity index (χ1) is 14.7. The highest BCUT2D eigenvalue weighted by molar-refractivity contribution is 7.99. The number of hydrogen-bond acceptors (Lipinski definition) is 7. The fourth-order valence-corrected chi connectivity index (χ4v) is 4.66.